The van der Waals surface area contributed by atoms with E-state index in [2.05, 4.69) is 10.3 Å². The van der Waals surface area contributed by atoms with Crippen LogP contribution in [0.2, 0.25) is 5.02 Å². The molecule has 0 bridgehead atoms. The molecule has 0 aliphatic carbocycles. The maximum Gasteiger partial charge on any atom is 0.220 e. The topological polar surface area (TPSA) is 56.1 Å². The molecule has 5 nitrogen and oxygen atoms in total. The van der Waals surface area contributed by atoms with Gasteiger partial charge in [0.05, 0.1) is 6.61 Å². The lowest BCUT2D eigenvalue weighted by Crippen LogP contribution is -2.31. The van der Waals surface area contributed by atoms with Crippen LogP contribution in [0.1, 0.15) is 35.8 Å². The molecule has 152 valence electrons. The van der Waals surface area contributed by atoms with Crippen molar-refractivity contribution in [1.82, 2.24) is 14.9 Å². The van der Waals surface area contributed by atoms with Crippen molar-refractivity contribution in [3.63, 3.8) is 0 Å². The number of nitrogens with one attached hydrogen (secondary N) is 1. The molecular weight excluding hydrogens is 393 g/mol. The van der Waals surface area contributed by atoms with Gasteiger partial charge in [0.25, 0.3) is 0 Å². The number of carbonyl (C=O) groups is 1. The Morgan fingerprint density at radius 1 is 1.31 bits per heavy atom. The second-order valence-corrected chi connectivity index (χ2v) is 7.22. The fourth-order valence-corrected chi connectivity index (χ4v) is 3.12. The van der Waals surface area contributed by atoms with Gasteiger partial charge in [-0.1, -0.05) is 23.7 Å². The fraction of sp³-hybridized carbons (Fsp3) is 0.273. The number of carbonyl (C=O) groups excluding carboxylic acids is 1. The molecular formula is C22H23ClFN3O2. The van der Waals surface area contributed by atoms with Crippen molar-refractivity contribution in [3.8, 4) is 5.75 Å². The van der Waals surface area contributed by atoms with Crippen molar-refractivity contribution in [2.24, 2.45) is 7.05 Å². The SMILES string of the molecule is Cc1cc(OCCCC(=O)NC(c2cccc(F)c2)c2nccn2C)ccc1Cl. The van der Waals surface area contributed by atoms with Crippen LogP contribution in [0.4, 0.5) is 4.39 Å². The molecule has 7 heteroatoms. The summed E-state index contributed by atoms with van der Waals surface area (Å²) in [5, 5.41) is 3.65. The largest absolute Gasteiger partial charge is 0.494 e. The number of benzene rings is 2. The number of imidazole rings is 1. The van der Waals surface area contributed by atoms with E-state index in [9.17, 15) is 9.18 Å². The zero-order chi connectivity index (χ0) is 20.8. The Morgan fingerprint density at radius 2 is 2.14 bits per heavy atom. The highest BCUT2D eigenvalue weighted by Crippen LogP contribution is 2.22. The quantitative estimate of drug-likeness (QED) is 0.547. The summed E-state index contributed by atoms with van der Waals surface area (Å²) >= 11 is 6.01. The first-order valence-corrected chi connectivity index (χ1v) is 9.73. The molecule has 1 aromatic heterocycles. The smallest absolute Gasteiger partial charge is 0.220 e. The minimum atomic E-state index is -0.530. The highest BCUT2D eigenvalue weighted by Gasteiger charge is 2.21. The van der Waals surface area contributed by atoms with Crippen molar-refractivity contribution < 1.29 is 13.9 Å². The van der Waals surface area contributed by atoms with Crippen LogP contribution >= 0.6 is 11.6 Å². The number of nitrogens with zero attached hydrogens (tertiary/aromatic N) is 2. The summed E-state index contributed by atoms with van der Waals surface area (Å²) in [5.41, 5.74) is 1.58. The molecule has 0 aliphatic rings. The van der Waals surface area contributed by atoms with E-state index in [1.54, 1.807) is 36.7 Å². The number of hydrogen-bond acceptors (Lipinski definition) is 3. The maximum atomic E-state index is 13.7. The van der Waals surface area contributed by atoms with E-state index in [4.69, 9.17) is 16.3 Å². The lowest BCUT2D eigenvalue weighted by atomic mass is 10.1. The number of halogens is 2. The molecule has 0 aliphatic heterocycles. The van der Waals surface area contributed by atoms with Gasteiger partial charge in [-0.25, -0.2) is 9.37 Å². The number of aromatic nitrogens is 2. The third kappa shape index (κ3) is 5.57. The Kier molecular flexibility index (Phi) is 6.88. The van der Waals surface area contributed by atoms with Gasteiger partial charge in [-0.05, 0) is 54.8 Å². The first-order chi connectivity index (χ1) is 13.9. The minimum Gasteiger partial charge on any atom is -0.494 e. The molecule has 0 saturated carbocycles. The second-order valence-electron chi connectivity index (χ2n) is 6.81. The van der Waals surface area contributed by atoms with Crippen LogP contribution < -0.4 is 10.1 Å². The van der Waals surface area contributed by atoms with E-state index in [1.165, 1.54) is 12.1 Å². The van der Waals surface area contributed by atoms with Crippen LogP contribution in [0.5, 0.6) is 5.75 Å². The third-order valence-electron chi connectivity index (χ3n) is 4.55. The normalized spacial score (nSPS) is 11.9. The van der Waals surface area contributed by atoms with Crippen LogP contribution in [0.15, 0.2) is 54.9 Å². The Balaban J connectivity index is 1.58. The maximum absolute atomic E-state index is 13.7. The molecule has 0 spiro atoms. The molecule has 29 heavy (non-hydrogen) atoms. The highest BCUT2D eigenvalue weighted by molar-refractivity contribution is 6.31. The van der Waals surface area contributed by atoms with Crippen LogP contribution in [0.25, 0.3) is 0 Å². The van der Waals surface area contributed by atoms with Crippen molar-refractivity contribution in [2.75, 3.05) is 6.61 Å². The fourth-order valence-electron chi connectivity index (χ4n) is 3.00. The van der Waals surface area contributed by atoms with Crippen molar-refractivity contribution in [3.05, 3.63) is 82.6 Å². The molecule has 0 radical (unpaired) electrons. The van der Waals surface area contributed by atoms with Crippen LogP contribution in [-0.2, 0) is 11.8 Å². The van der Waals surface area contributed by atoms with Gasteiger partial charge in [0.1, 0.15) is 23.4 Å². The molecule has 1 unspecified atom stereocenters. The standard InChI is InChI=1S/C22H23ClFN3O2/c1-15-13-18(8-9-19(15)23)29-12-4-7-20(28)26-21(22-25-10-11-27(22)2)16-5-3-6-17(24)14-16/h3,5-6,8-11,13-14,21H,4,7,12H2,1-2H3,(H,26,28). The summed E-state index contributed by atoms with van der Waals surface area (Å²) in [5.74, 6) is 0.843. The van der Waals surface area contributed by atoms with E-state index in [0.29, 0.717) is 29.4 Å². The summed E-state index contributed by atoms with van der Waals surface area (Å²) in [6.45, 7) is 2.31. The molecule has 1 amide bonds. The summed E-state index contributed by atoms with van der Waals surface area (Å²) in [6, 6.07) is 11.1. The van der Waals surface area contributed by atoms with Gasteiger partial charge in [-0.15, -0.1) is 0 Å². The summed E-state index contributed by atoms with van der Waals surface area (Å²) in [4.78, 5) is 16.8. The van der Waals surface area contributed by atoms with E-state index in [-0.39, 0.29) is 18.1 Å². The molecule has 1 heterocycles. The summed E-state index contributed by atoms with van der Waals surface area (Å²) in [6.07, 6.45) is 4.26. The zero-order valence-electron chi connectivity index (χ0n) is 16.4. The van der Waals surface area contributed by atoms with Gasteiger partial charge in [0.15, 0.2) is 0 Å². The second kappa shape index (κ2) is 9.56. The number of ether oxygens (including phenoxy) is 1. The average molecular weight is 416 g/mol. The summed E-state index contributed by atoms with van der Waals surface area (Å²) in [7, 11) is 1.84. The number of hydrogen-bond donors (Lipinski definition) is 1. The Bertz CT molecular complexity index is 990. The molecule has 0 fully saturated rings. The molecule has 1 atom stereocenters. The number of aryl methyl sites for hydroxylation is 2. The summed E-state index contributed by atoms with van der Waals surface area (Å²) < 4.78 is 21.2. The van der Waals surface area contributed by atoms with Crippen molar-refractivity contribution >= 4 is 17.5 Å². The van der Waals surface area contributed by atoms with Crippen molar-refractivity contribution in [2.45, 2.75) is 25.8 Å². The minimum absolute atomic E-state index is 0.154. The van der Waals surface area contributed by atoms with E-state index >= 15 is 0 Å². The number of rotatable bonds is 8. The van der Waals surface area contributed by atoms with Gasteiger partial charge in [0, 0.05) is 30.9 Å². The molecule has 0 saturated heterocycles. The predicted octanol–water partition coefficient (Wildman–Crippen LogP) is 4.59. The Hall–Kier alpha value is -2.86. The predicted molar refractivity (Wildman–Crippen MR) is 111 cm³/mol. The lowest BCUT2D eigenvalue weighted by molar-refractivity contribution is -0.121. The van der Waals surface area contributed by atoms with E-state index in [0.717, 1.165) is 11.3 Å². The lowest BCUT2D eigenvalue weighted by Gasteiger charge is -2.19. The van der Waals surface area contributed by atoms with Gasteiger partial charge < -0.3 is 14.6 Å². The van der Waals surface area contributed by atoms with E-state index < -0.39 is 6.04 Å². The first-order valence-electron chi connectivity index (χ1n) is 9.35. The van der Waals surface area contributed by atoms with E-state index in [1.807, 2.05) is 24.6 Å². The van der Waals surface area contributed by atoms with Gasteiger partial charge in [-0.2, -0.15) is 0 Å². The molecule has 1 N–H and O–H groups in total. The van der Waals surface area contributed by atoms with Crippen LogP contribution in [-0.4, -0.2) is 22.1 Å². The third-order valence-corrected chi connectivity index (χ3v) is 4.97. The van der Waals surface area contributed by atoms with Crippen LogP contribution in [0.3, 0.4) is 0 Å². The molecule has 2 aromatic carbocycles. The zero-order valence-corrected chi connectivity index (χ0v) is 17.1. The Labute approximate surface area is 174 Å². The monoisotopic (exact) mass is 415 g/mol. The average Bonchev–Trinajstić information content (AvgIpc) is 3.11. The van der Waals surface area contributed by atoms with Crippen LogP contribution in [0, 0.1) is 12.7 Å². The first kappa shape index (κ1) is 20.9. The highest BCUT2D eigenvalue weighted by atomic mass is 35.5. The van der Waals surface area contributed by atoms with Gasteiger partial charge in [-0.3, -0.25) is 4.79 Å². The van der Waals surface area contributed by atoms with Crippen molar-refractivity contribution in [1.29, 1.82) is 0 Å². The molecule has 3 rings (SSSR count). The number of amides is 1. The van der Waals surface area contributed by atoms with Gasteiger partial charge in [0.2, 0.25) is 5.91 Å². The Morgan fingerprint density at radius 3 is 2.83 bits per heavy atom. The molecule has 3 aromatic rings. The van der Waals surface area contributed by atoms with Gasteiger partial charge >= 0.3 is 0 Å².